The van der Waals surface area contributed by atoms with Crippen molar-refractivity contribution in [1.29, 1.82) is 0 Å². The van der Waals surface area contributed by atoms with E-state index in [0.717, 1.165) is 47.7 Å². The lowest BCUT2D eigenvalue weighted by molar-refractivity contribution is 0.210. The Morgan fingerprint density at radius 2 is 1.61 bits per heavy atom. The van der Waals surface area contributed by atoms with Gasteiger partial charge in [0.2, 0.25) is 0 Å². The normalized spacial score (nSPS) is 13.1. The van der Waals surface area contributed by atoms with Crippen LogP contribution in [0.4, 0.5) is 0 Å². The molecule has 0 aliphatic heterocycles. The van der Waals surface area contributed by atoms with Crippen molar-refractivity contribution in [2.24, 2.45) is 0 Å². The smallest absolute Gasteiger partial charge is 0.153 e. The second-order valence-corrected chi connectivity index (χ2v) is 8.84. The molecule has 0 aliphatic rings. The fraction of sp³-hybridized carbons (Fsp3) is 0.321. The van der Waals surface area contributed by atoms with E-state index in [-0.39, 0.29) is 6.10 Å². The van der Waals surface area contributed by atoms with Crippen molar-refractivity contribution in [3.63, 3.8) is 0 Å². The minimum absolute atomic E-state index is 0.201. The van der Waals surface area contributed by atoms with Crippen molar-refractivity contribution < 1.29 is 9.47 Å². The van der Waals surface area contributed by atoms with Gasteiger partial charge in [-0.3, -0.25) is 0 Å². The number of ether oxygens (including phenoxy) is 2. The second-order valence-electron chi connectivity index (χ2n) is 8.40. The first-order chi connectivity index (χ1) is 16.0. The first-order valence-corrected chi connectivity index (χ1v) is 12.0. The molecule has 0 saturated carbocycles. The van der Waals surface area contributed by atoms with Gasteiger partial charge < -0.3 is 14.0 Å². The second kappa shape index (κ2) is 10.8. The Morgan fingerprint density at radius 3 is 2.33 bits per heavy atom. The third-order valence-electron chi connectivity index (χ3n) is 6.03. The summed E-state index contributed by atoms with van der Waals surface area (Å²) in [5.74, 6) is 3.17. The summed E-state index contributed by atoms with van der Waals surface area (Å²) in [7, 11) is 0. The summed E-state index contributed by atoms with van der Waals surface area (Å²) >= 11 is 6.00. The first-order valence-electron chi connectivity index (χ1n) is 11.6. The van der Waals surface area contributed by atoms with Gasteiger partial charge in [-0.1, -0.05) is 49.7 Å². The number of aryl methyl sites for hydroxylation is 1. The molecule has 172 valence electrons. The van der Waals surface area contributed by atoms with Gasteiger partial charge in [0.1, 0.15) is 11.5 Å². The van der Waals surface area contributed by atoms with Crippen molar-refractivity contribution in [1.82, 2.24) is 9.55 Å². The van der Waals surface area contributed by atoms with Crippen LogP contribution >= 0.6 is 11.6 Å². The van der Waals surface area contributed by atoms with Crippen LogP contribution in [0.2, 0.25) is 5.02 Å². The van der Waals surface area contributed by atoms with E-state index < -0.39 is 0 Å². The van der Waals surface area contributed by atoms with E-state index >= 15 is 0 Å². The van der Waals surface area contributed by atoms with Gasteiger partial charge in [0.25, 0.3) is 0 Å². The van der Waals surface area contributed by atoms with E-state index in [2.05, 4.69) is 48.7 Å². The fourth-order valence-corrected chi connectivity index (χ4v) is 4.08. The maximum absolute atomic E-state index is 6.17. The quantitative estimate of drug-likeness (QED) is 0.225. The number of hydrogen-bond acceptors (Lipinski definition) is 3. The summed E-state index contributed by atoms with van der Waals surface area (Å²) in [5, 5.41) is 0.691. The van der Waals surface area contributed by atoms with Crippen LogP contribution in [0.15, 0.2) is 72.8 Å². The molecule has 1 heterocycles. The number of para-hydroxylation sites is 2. The third kappa shape index (κ3) is 5.69. The van der Waals surface area contributed by atoms with Crippen LogP contribution in [-0.4, -0.2) is 16.2 Å². The molecule has 0 saturated heterocycles. The monoisotopic (exact) mass is 462 g/mol. The predicted octanol–water partition coefficient (Wildman–Crippen LogP) is 7.81. The number of aromatic nitrogens is 2. The van der Waals surface area contributed by atoms with E-state index in [1.807, 2.05) is 49.4 Å². The molecule has 3 aromatic carbocycles. The summed E-state index contributed by atoms with van der Waals surface area (Å²) in [6.45, 7) is 7.93. The van der Waals surface area contributed by atoms with Crippen LogP contribution < -0.4 is 9.47 Å². The summed E-state index contributed by atoms with van der Waals surface area (Å²) in [4.78, 5) is 4.87. The molecule has 5 heteroatoms. The van der Waals surface area contributed by atoms with E-state index in [1.54, 1.807) is 0 Å². The zero-order chi connectivity index (χ0) is 23.2. The van der Waals surface area contributed by atoms with Gasteiger partial charge in [0, 0.05) is 11.6 Å². The van der Waals surface area contributed by atoms with Crippen molar-refractivity contribution in [2.75, 3.05) is 6.61 Å². The number of nitrogens with zero attached hydrogens (tertiary/aromatic N) is 2. The number of halogens is 1. The fourth-order valence-electron chi connectivity index (χ4n) is 3.95. The minimum Gasteiger partial charge on any atom is -0.494 e. The number of rotatable bonds is 10. The summed E-state index contributed by atoms with van der Waals surface area (Å²) in [6, 6.07) is 24.1. The van der Waals surface area contributed by atoms with Crippen molar-refractivity contribution in [3.05, 3.63) is 89.2 Å². The van der Waals surface area contributed by atoms with Crippen LogP contribution in [0.3, 0.4) is 0 Å². The molecule has 1 aromatic heterocycles. The first kappa shape index (κ1) is 23.2. The predicted molar refractivity (Wildman–Crippen MR) is 135 cm³/mol. The average molecular weight is 463 g/mol. The van der Waals surface area contributed by atoms with Gasteiger partial charge in [-0.2, -0.15) is 0 Å². The van der Waals surface area contributed by atoms with Crippen molar-refractivity contribution >= 4 is 22.6 Å². The van der Waals surface area contributed by atoms with Gasteiger partial charge in [-0.25, -0.2) is 4.98 Å². The number of imidazole rings is 1. The molecule has 0 N–H and O–H groups in total. The standard InChI is InChI=1S/C28H31ClN2O2/c1-4-20(2)22-10-14-24(15-11-22)32-19-7-18-31-27-9-6-5-8-26(27)30-28(31)21(3)33-25-16-12-23(29)13-17-25/h5-6,8-17,20-21H,4,7,18-19H2,1-3H3. The summed E-state index contributed by atoms with van der Waals surface area (Å²) < 4.78 is 14.4. The minimum atomic E-state index is -0.201. The summed E-state index contributed by atoms with van der Waals surface area (Å²) in [6.07, 6.45) is 1.81. The van der Waals surface area contributed by atoms with E-state index in [1.165, 1.54) is 5.56 Å². The Labute approximate surface area is 201 Å². The van der Waals surface area contributed by atoms with Crippen LogP contribution in [-0.2, 0) is 6.54 Å². The van der Waals surface area contributed by atoms with Gasteiger partial charge in [-0.05, 0) is 79.8 Å². The number of hydrogen-bond donors (Lipinski definition) is 0. The summed E-state index contributed by atoms with van der Waals surface area (Å²) in [5.41, 5.74) is 3.44. The molecule has 0 bridgehead atoms. The Kier molecular flexibility index (Phi) is 7.56. The Balaban J connectivity index is 1.42. The molecule has 2 atom stereocenters. The van der Waals surface area contributed by atoms with Crippen molar-refractivity contribution in [2.45, 2.75) is 52.2 Å². The zero-order valence-corrected chi connectivity index (χ0v) is 20.3. The molecule has 0 amide bonds. The van der Waals surface area contributed by atoms with Crippen LogP contribution in [0.25, 0.3) is 11.0 Å². The van der Waals surface area contributed by atoms with E-state index in [0.29, 0.717) is 17.5 Å². The molecule has 4 rings (SSSR count). The molecule has 4 aromatic rings. The lowest BCUT2D eigenvalue weighted by Crippen LogP contribution is -2.13. The number of fused-ring (bicyclic) bond motifs is 1. The largest absolute Gasteiger partial charge is 0.494 e. The highest BCUT2D eigenvalue weighted by atomic mass is 35.5. The highest BCUT2D eigenvalue weighted by Gasteiger charge is 2.18. The molecule has 4 nitrogen and oxygen atoms in total. The Hall–Kier alpha value is -2.98. The molecule has 0 spiro atoms. The van der Waals surface area contributed by atoms with Crippen LogP contribution in [0.1, 0.15) is 57.0 Å². The lowest BCUT2D eigenvalue weighted by atomic mass is 9.99. The Morgan fingerprint density at radius 1 is 0.909 bits per heavy atom. The van der Waals surface area contributed by atoms with Crippen molar-refractivity contribution in [3.8, 4) is 11.5 Å². The lowest BCUT2D eigenvalue weighted by Gasteiger charge is -2.17. The molecular formula is C28H31ClN2O2. The topological polar surface area (TPSA) is 36.3 Å². The highest BCUT2D eigenvalue weighted by molar-refractivity contribution is 6.30. The molecule has 0 aliphatic carbocycles. The molecule has 2 unspecified atom stereocenters. The molecule has 0 radical (unpaired) electrons. The average Bonchev–Trinajstić information content (AvgIpc) is 3.22. The van der Waals surface area contributed by atoms with Gasteiger partial charge >= 0.3 is 0 Å². The van der Waals surface area contributed by atoms with E-state index in [9.17, 15) is 0 Å². The van der Waals surface area contributed by atoms with Gasteiger partial charge in [-0.15, -0.1) is 0 Å². The van der Waals surface area contributed by atoms with Crippen LogP contribution in [0.5, 0.6) is 11.5 Å². The zero-order valence-electron chi connectivity index (χ0n) is 19.5. The number of benzene rings is 3. The van der Waals surface area contributed by atoms with Crippen LogP contribution in [0, 0.1) is 0 Å². The maximum atomic E-state index is 6.17. The molecule has 33 heavy (non-hydrogen) atoms. The molecule has 0 fully saturated rings. The molecular weight excluding hydrogens is 432 g/mol. The SMILES string of the molecule is CCC(C)c1ccc(OCCCn2c(C(C)Oc3ccc(Cl)cc3)nc3ccccc32)cc1. The Bertz CT molecular complexity index is 1170. The van der Waals surface area contributed by atoms with Gasteiger partial charge in [0.05, 0.1) is 17.6 Å². The van der Waals surface area contributed by atoms with Gasteiger partial charge in [0.15, 0.2) is 11.9 Å². The third-order valence-corrected chi connectivity index (χ3v) is 6.28. The van der Waals surface area contributed by atoms with E-state index in [4.69, 9.17) is 26.1 Å². The highest BCUT2D eigenvalue weighted by Crippen LogP contribution is 2.27. The maximum Gasteiger partial charge on any atom is 0.153 e.